The number of carbonyl (C=O) groups excluding carboxylic acids is 1. The Balaban J connectivity index is 1.55. The summed E-state index contributed by atoms with van der Waals surface area (Å²) in [7, 11) is 1.93. The number of aryl methyl sites for hydroxylation is 1. The molecular formula is C19H23N5OS. The molecule has 0 atom stereocenters. The molecule has 0 saturated carbocycles. The Morgan fingerprint density at radius 2 is 2.08 bits per heavy atom. The molecule has 0 saturated heterocycles. The molecule has 0 radical (unpaired) electrons. The first-order valence-electron chi connectivity index (χ1n) is 8.57. The fourth-order valence-electron chi connectivity index (χ4n) is 2.78. The summed E-state index contributed by atoms with van der Waals surface area (Å²) in [5, 5.41) is 9.81. The van der Waals surface area contributed by atoms with Crippen molar-refractivity contribution in [3.05, 3.63) is 53.2 Å². The smallest absolute Gasteiger partial charge is 0.240 e. The van der Waals surface area contributed by atoms with Crippen molar-refractivity contribution in [1.82, 2.24) is 19.7 Å². The van der Waals surface area contributed by atoms with Gasteiger partial charge < -0.3 is 5.32 Å². The molecule has 6 nitrogen and oxygen atoms in total. The highest BCUT2D eigenvalue weighted by Gasteiger charge is 2.13. The molecule has 0 spiro atoms. The lowest BCUT2D eigenvalue weighted by Gasteiger charge is -2.15. The van der Waals surface area contributed by atoms with Crippen LogP contribution in [0.2, 0.25) is 0 Å². The highest BCUT2D eigenvalue weighted by Crippen LogP contribution is 2.24. The van der Waals surface area contributed by atoms with Crippen LogP contribution in [0.3, 0.4) is 0 Å². The van der Waals surface area contributed by atoms with E-state index in [1.54, 1.807) is 0 Å². The highest BCUT2D eigenvalue weighted by atomic mass is 32.1. The summed E-state index contributed by atoms with van der Waals surface area (Å²) in [5.74, 6) is -0.0676. The fraction of sp³-hybridized carbons (Fsp3) is 0.316. The molecule has 26 heavy (non-hydrogen) atoms. The van der Waals surface area contributed by atoms with Crippen molar-refractivity contribution in [2.75, 3.05) is 18.9 Å². The normalized spacial score (nSPS) is 11.1. The molecule has 1 amide bonds. The summed E-state index contributed by atoms with van der Waals surface area (Å²) < 4.78 is 1.96. The Bertz CT molecular complexity index is 871. The number of thiazole rings is 1. The Morgan fingerprint density at radius 1 is 1.31 bits per heavy atom. The first kappa shape index (κ1) is 18.3. The molecule has 1 aromatic carbocycles. The van der Waals surface area contributed by atoms with E-state index >= 15 is 0 Å². The van der Waals surface area contributed by atoms with E-state index in [0.29, 0.717) is 18.2 Å². The van der Waals surface area contributed by atoms with E-state index in [2.05, 4.69) is 29.2 Å². The van der Waals surface area contributed by atoms with Crippen molar-refractivity contribution in [2.24, 2.45) is 0 Å². The van der Waals surface area contributed by atoms with Crippen LogP contribution in [0.15, 0.2) is 41.9 Å². The van der Waals surface area contributed by atoms with Gasteiger partial charge in [-0.25, -0.2) is 4.98 Å². The van der Waals surface area contributed by atoms with Crippen LogP contribution >= 0.6 is 11.3 Å². The number of likely N-dealkylation sites (N-methyl/N-ethyl adjacent to an activating group) is 1. The number of carbonyl (C=O) groups is 1. The number of nitrogens with one attached hydrogen (secondary N) is 1. The molecule has 0 aliphatic heterocycles. The first-order valence-corrected chi connectivity index (χ1v) is 9.45. The van der Waals surface area contributed by atoms with Crippen LogP contribution in [-0.2, 0) is 17.9 Å². The molecule has 0 fully saturated rings. The largest absolute Gasteiger partial charge is 0.301 e. The van der Waals surface area contributed by atoms with Gasteiger partial charge in [0.05, 0.1) is 18.4 Å². The Hall–Kier alpha value is -2.51. The molecule has 0 bridgehead atoms. The zero-order chi connectivity index (χ0) is 18.5. The molecule has 136 valence electrons. The average molecular weight is 369 g/mol. The van der Waals surface area contributed by atoms with Gasteiger partial charge in [-0.15, -0.1) is 11.3 Å². The minimum atomic E-state index is -0.0676. The third-order valence-corrected chi connectivity index (χ3v) is 4.94. The molecule has 7 heteroatoms. The van der Waals surface area contributed by atoms with E-state index in [1.807, 2.05) is 58.5 Å². The second-order valence-corrected chi connectivity index (χ2v) is 7.05. The Morgan fingerprint density at radius 3 is 2.77 bits per heavy atom. The van der Waals surface area contributed by atoms with E-state index in [-0.39, 0.29) is 5.91 Å². The van der Waals surface area contributed by atoms with Gasteiger partial charge in [-0.05, 0) is 20.9 Å². The number of rotatable bonds is 7. The molecule has 0 unspecified atom stereocenters. The maximum absolute atomic E-state index is 12.3. The van der Waals surface area contributed by atoms with Crippen molar-refractivity contribution in [3.63, 3.8) is 0 Å². The van der Waals surface area contributed by atoms with Crippen molar-refractivity contribution < 1.29 is 4.79 Å². The van der Waals surface area contributed by atoms with Crippen molar-refractivity contribution in [3.8, 4) is 11.3 Å². The number of amides is 1. The van der Waals surface area contributed by atoms with Gasteiger partial charge in [0, 0.05) is 35.3 Å². The molecule has 0 aliphatic rings. The predicted molar refractivity (Wildman–Crippen MR) is 105 cm³/mol. The lowest BCUT2D eigenvalue weighted by Crippen LogP contribution is -2.30. The second-order valence-electron chi connectivity index (χ2n) is 6.20. The second kappa shape index (κ2) is 8.25. The van der Waals surface area contributed by atoms with Gasteiger partial charge in [-0.2, -0.15) is 5.10 Å². The SMILES string of the molecule is CCn1ncc(CN(C)CC(=O)Nc2nc(-c3ccccc3)cs2)c1C. The van der Waals surface area contributed by atoms with Gasteiger partial charge in [0.25, 0.3) is 0 Å². The number of anilines is 1. The summed E-state index contributed by atoms with van der Waals surface area (Å²) in [6.07, 6.45) is 1.88. The van der Waals surface area contributed by atoms with Gasteiger partial charge in [-0.3, -0.25) is 14.4 Å². The van der Waals surface area contributed by atoms with Crippen LogP contribution in [0.25, 0.3) is 11.3 Å². The molecule has 2 aromatic heterocycles. The van der Waals surface area contributed by atoms with Crippen molar-refractivity contribution in [2.45, 2.75) is 26.9 Å². The third-order valence-electron chi connectivity index (χ3n) is 4.18. The maximum atomic E-state index is 12.3. The lowest BCUT2D eigenvalue weighted by molar-refractivity contribution is -0.117. The first-order chi connectivity index (χ1) is 12.6. The van der Waals surface area contributed by atoms with Gasteiger partial charge in [0.1, 0.15) is 0 Å². The van der Waals surface area contributed by atoms with Crippen molar-refractivity contribution in [1.29, 1.82) is 0 Å². The van der Waals surface area contributed by atoms with Crippen LogP contribution in [0, 0.1) is 6.92 Å². The maximum Gasteiger partial charge on any atom is 0.240 e. The molecule has 1 N–H and O–H groups in total. The van der Waals surface area contributed by atoms with Gasteiger partial charge >= 0.3 is 0 Å². The van der Waals surface area contributed by atoms with Crippen LogP contribution in [0.4, 0.5) is 5.13 Å². The standard InChI is InChI=1S/C19H23N5OS/c1-4-24-14(2)16(10-20-24)11-23(3)12-18(25)22-19-21-17(13-26-19)15-8-6-5-7-9-15/h5-10,13H,4,11-12H2,1-3H3,(H,21,22,25). The van der Waals surface area contributed by atoms with E-state index in [0.717, 1.165) is 29.1 Å². The number of hydrogen-bond acceptors (Lipinski definition) is 5. The summed E-state index contributed by atoms with van der Waals surface area (Å²) in [6.45, 7) is 5.96. The number of hydrogen-bond donors (Lipinski definition) is 1. The monoisotopic (exact) mass is 369 g/mol. The van der Waals surface area contributed by atoms with E-state index < -0.39 is 0 Å². The van der Waals surface area contributed by atoms with Crippen molar-refractivity contribution >= 4 is 22.4 Å². The zero-order valence-corrected chi connectivity index (χ0v) is 16.1. The van der Waals surface area contributed by atoms with Crippen LogP contribution < -0.4 is 5.32 Å². The molecule has 0 aliphatic carbocycles. The summed E-state index contributed by atoms with van der Waals surface area (Å²) in [5.41, 5.74) is 4.21. The molecular weight excluding hydrogens is 346 g/mol. The Labute approximate surface area is 157 Å². The number of benzene rings is 1. The van der Waals surface area contributed by atoms with Crippen LogP contribution in [0.1, 0.15) is 18.2 Å². The fourth-order valence-corrected chi connectivity index (χ4v) is 3.52. The number of nitrogens with zero attached hydrogens (tertiary/aromatic N) is 4. The Kier molecular flexibility index (Phi) is 5.80. The van der Waals surface area contributed by atoms with Crippen LogP contribution in [0.5, 0.6) is 0 Å². The molecule has 2 heterocycles. The third kappa shape index (κ3) is 4.36. The minimum absolute atomic E-state index is 0.0676. The van der Waals surface area contributed by atoms with E-state index in [9.17, 15) is 4.79 Å². The average Bonchev–Trinajstić information content (AvgIpc) is 3.23. The van der Waals surface area contributed by atoms with Gasteiger partial charge in [-0.1, -0.05) is 30.3 Å². The quantitative estimate of drug-likeness (QED) is 0.693. The minimum Gasteiger partial charge on any atom is -0.301 e. The lowest BCUT2D eigenvalue weighted by atomic mass is 10.2. The van der Waals surface area contributed by atoms with Gasteiger partial charge in [0.2, 0.25) is 5.91 Å². The predicted octanol–water partition coefficient (Wildman–Crippen LogP) is 3.41. The summed E-state index contributed by atoms with van der Waals surface area (Å²) in [4.78, 5) is 18.8. The van der Waals surface area contributed by atoms with Gasteiger partial charge in [0.15, 0.2) is 5.13 Å². The molecule has 3 aromatic rings. The number of aromatic nitrogens is 3. The zero-order valence-electron chi connectivity index (χ0n) is 15.3. The summed E-state index contributed by atoms with van der Waals surface area (Å²) in [6, 6.07) is 9.94. The van der Waals surface area contributed by atoms with Crippen LogP contribution in [-0.4, -0.2) is 39.2 Å². The highest BCUT2D eigenvalue weighted by molar-refractivity contribution is 7.14. The topological polar surface area (TPSA) is 63.1 Å². The van der Waals surface area contributed by atoms with E-state index in [4.69, 9.17) is 0 Å². The van der Waals surface area contributed by atoms with E-state index in [1.165, 1.54) is 11.3 Å². The molecule has 3 rings (SSSR count). The summed E-state index contributed by atoms with van der Waals surface area (Å²) >= 11 is 1.44.